The summed E-state index contributed by atoms with van der Waals surface area (Å²) in [6, 6.07) is 17.5. The summed E-state index contributed by atoms with van der Waals surface area (Å²) in [5, 5.41) is 3.67. The Morgan fingerprint density at radius 2 is 2.00 bits per heavy atom. The fourth-order valence-corrected chi connectivity index (χ4v) is 2.90. The van der Waals surface area contributed by atoms with Crippen LogP contribution in [0.5, 0.6) is 0 Å². The normalized spacial score (nSPS) is 20.8. The van der Waals surface area contributed by atoms with E-state index in [4.69, 9.17) is 11.6 Å². The Balaban J connectivity index is 1.64. The molecule has 4 nitrogen and oxygen atoms in total. The molecule has 0 spiro atoms. The van der Waals surface area contributed by atoms with E-state index in [1.165, 1.54) is 0 Å². The van der Waals surface area contributed by atoms with Crippen LogP contribution in [0, 0.1) is 5.92 Å². The molecule has 1 aliphatic rings. The first-order valence-electron chi connectivity index (χ1n) is 7.29. The molecule has 3 N–H and O–H groups in total. The van der Waals surface area contributed by atoms with Crippen LogP contribution in [-0.2, 0) is 11.3 Å². The topological polar surface area (TPSA) is 53.2 Å². The third-order valence-electron chi connectivity index (χ3n) is 3.83. The SMILES string of the molecule is O=C(NCc1cccc(Cl)c1)C1CNNC1c1ccccc1. The zero-order chi connectivity index (χ0) is 15.4. The van der Waals surface area contributed by atoms with Gasteiger partial charge in [0.25, 0.3) is 0 Å². The highest BCUT2D eigenvalue weighted by Crippen LogP contribution is 2.24. The third-order valence-corrected chi connectivity index (χ3v) is 4.07. The summed E-state index contributed by atoms with van der Waals surface area (Å²) < 4.78 is 0. The Hall–Kier alpha value is -1.88. The molecule has 114 valence electrons. The van der Waals surface area contributed by atoms with E-state index in [2.05, 4.69) is 16.2 Å². The summed E-state index contributed by atoms with van der Waals surface area (Å²) in [7, 11) is 0. The summed E-state index contributed by atoms with van der Waals surface area (Å²) in [5.41, 5.74) is 8.36. The van der Waals surface area contributed by atoms with Gasteiger partial charge >= 0.3 is 0 Å². The van der Waals surface area contributed by atoms with Gasteiger partial charge in [0.05, 0.1) is 12.0 Å². The molecule has 3 rings (SSSR count). The van der Waals surface area contributed by atoms with Crippen LogP contribution < -0.4 is 16.2 Å². The van der Waals surface area contributed by atoms with E-state index in [9.17, 15) is 4.79 Å². The van der Waals surface area contributed by atoms with Crippen LogP contribution in [0.4, 0.5) is 0 Å². The van der Waals surface area contributed by atoms with Gasteiger partial charge in [-0.2, -0.15) is 0 Å². The Morgan fingerprint density at radius 1 is 1.18 bits per heavy atom. The fourth-order valence-electron chi connectivity index (χ4n) is 2.68. The highest BCUT2D eigenvalue weighted by atomic mass is 35.5. The second-order valence-electron chi connectivity index (χ2n) is 5.37. The van der Waals surface area contributed by atoms with Gasteiger partial charge in [0.2, 0.25) is 5.91 Å². The number of hydrogen-bond donors (Lipinski definition) is 3. The van der Waals surface area contributed by atoms with Crippen molar-refractivity contribution in [2.75, 3.05) is 6.54 Å². The lowest BCUT2D eigenvalue weighted by atomic mass is 9.94. The molecule has 5 heteroatoms. The van der Waals surface area contributed by atoms with Gasteiger partial charge in [0, 0.05) is 18.1 Å². The smallest absolute Gasteiger partial charge is 0.226 e. The first kappa shape index (κ1) is 15.0. The van der Waals surface area contributed by atoms with Gasteiger partial charge in [0.15, 0.2) is 0 Å². The predicted octanol–water partition coefficient (Wildman–Crippen LogP) is 2.42. The molecule has 0 saturated carbocycles. The fraction of sp³-hybridized carbons (Fsp3) is 0.235. The van der Waals surface area contributed by atoms with Crippen LogP contribution in [0.15, 0.2) is 54.6 Å². The van der Waals surface area contributed by atoms with E-state index >= 15 is 0 Å². The predicted molar refractivity (Wildman–Crippen MR) is 87.1 cm³/mol. The summed E-state index contributed by atoms with van der Waals surface area (Å²) in [5.74, 6) is -0.104. The van der Waals surface area contributed by atoms with Crippen molar-refractivity contribution in [3.05, 3.63) is 70.7 Å². The van der Waals surface area contributed by atoms with Crippen LogP contribution in [0.2, 0.25) is 5.02 Å². The maximum Gasteiger partial charge on any atom is 0.226 e. The molecule has 1 fully saturated rings. The van der Waals surface area contributed by atoms with Gasteiger partial charge in [-0.1, -0.05) is 54.1 Å². The summed E-state index contributed by atoms with van der Waals surface area (Å²) >= 11 is 5.96. The van der Waals surface area contributed by atoms with Gasteiger partial charge in [-0.3, -0.25) is 10.2 Å². The first-order chi connectivity index (χ1) is 10.7. The van der Waals surface area contributed by atoms with E-state index in [0.717, 1.165) is 11.1 Å². The number of carbonyl (C=O) groups is 1. The average Bonchev–Trinajstić information content (AvgIpc) is 3.03. The van der Waals surface area contributed by atoms with E-state index in [1.54, 1.807) is 0 Å². The number of rotatable bonds is 4. The molecule has 2 aromatic rings. The minimum Gasteiger partial charge on any atom is -0.352 e. The Morgan fingerprint density at radius 3 is 2.77 bits per heavy atom. The highest BCUT2D eigenvalue weighted by molar-refractivity contribution is 6.30. The van der Waals surface area contributed by atoms with E-state index in [-0.39, 0.29) is 17.9 Å². The highest BCUT2D eigenvalue weighted by Gasteiger charge is 2.33. The van der Waals surface area contributed by atoms with Crippen molar-refractivity contribution in [3.8, 4) is 0 Å². The number of benzene rings is 2. The molecule has 2 atom stereocenters. The van der Waals surface area contributed by atoms with Crippen molar-refractivity contribution >= 4 is 17.5 Å². The van der Waals surface area contributed by atoms with Crippen molar-refractivity contribution in [1.82, 2.24) is 16.2 Å². The van der Waals surface area contributed by atoms with Gasteiger partial charge in [-0.15, -0.1) is 0 Å². The van der Waals surface area contributed by atoms with Crippen molar-refractivity contribution in [2.45, 2.75) is 12.6 Å². The molecule has 22 heavy (non-hydrogen) atoms. The molecule has 0 bridgehead atoms. The number of hydrazine groups is 1. The van der Waals surface area contributed by atoms with Crippen LogP contribution in [0.3, 0.4) is 0 Å². The second-order valence-corrected chi connectivity index (χ2v) is 5.80. The largest absolute Gasteiger partial charge is 0.352 e. The molecule has 1 heterocycles. The molecule has 2 unspecified atom stereocenters. The lowest BCUT2D eigenvalue weighted by molar-refractivity contribution is -0.125. The van der Waals surface area contributed by atoms with Gasteiger partial charge in [0.1, 0.15) is 0 Å². The monoisotopic (exact) mass is 315 g/mol. The zero-order valence-electron chi connectivity index (χ0n) is 12.1. The Kier molecular flexibility index (Phi) is 4.73. The second kappa shape index (κ2) is 6.92. The lowest BCUT2D eigenvalue weighted by Crippen LogP contribution is -2.34. The Labute approximate surface area is 134 Å². The minimum atomic E-state index is -0.137. The molecule has 1 aliphatic heterocycles. The molecule has 0 aliphatic carbocycles. The van der Waals surface area contributed by atoms with E-state index < -0.39 is 0 Å². The molecule has 1 amide bonds. The van der Waals surface area contributed by atoms with Crippen molar-refractivity contribution < 1.29 is 4.79 Å². The quantitative estimate of drug-likeness (QED) is 0.812. The third kappa shape index (κ3) is 3.47. The summed E-state index contributed by atoms with van der Waals surface area (Å²) in [4.78, 5) is 12.5. The number of halogens is 1. The molecular formula is C17H18ClN3O. The van der Waals surface area contributed by atoms with Crippen molar-refractivity contribution in [1.29, 1.82) is 0 Å². The number of carbonyl (C=O) groups excluding carboxylic acids is 1. The molecule has 0 radical (unpaired) electrons. The van der Waals surface area contributed by atoms with Crippen LogP contribution >= 0.6 is 11.6 Å². The lowest BCUT2D eigenvalue weighted by Gasteiger charge is -2.18. The van der Waals surface area contributed by atoms with Crippen molar-refractivity contribution in [3.63, 3.8) is 0 Å². The van der Waals surface area contributed by atoms with Gasteiger partial charge < -0.3 is 5.32 Å². The van der Waals surface area contributed by atoms with Crippen LogP contribution in [-0.4, -0.2) is 12.5 Å². The standard InChI is InChI=1S/C17H18ClN3O/c18-14-8-4-5-12(9-14)10-19-17(22)15-11-20-21-16(15)13-6-2-1-3-7-13/h1-9,15-16,20-21H,10-11H2,(H,19,22). The number of nitrogens with one attached hydrogen (secondary N) is 3. The number of amides is 1. The average molecular weight is 316 g/mol. The summed E-state index contributed by atoms with van der Waals surface area (Å²) in [6.07, 6.45) is 0. The molecular weight excluding hydrogens is 298 g/mol. The van der Waals surface area contributed by atoms with Crippen LogP contribution in [0.1, 0.15) is 17.2 Å². The maximum atomic E-state index is 12.5. The van der Waals surface area contributed by atoms with Gasteiger partial charge in [-0.05, 0) is 23.3 Å². The van der Waals surface area contributed by atoms with Gasteiger partial charge in [-0.25, -0.2) is 5.43 Å². The van der Waals surface area contributed by atoms with E-state index in [0.29, 0.717) is 18.1 Å². The molecule has 1 saturated heterocycles. The zero-order valence-corrected chi connectivity index (χ0v) is 12.8. The summed E-state index contributed by atoms with van der Waals surface area (Å²) in [6.45, 7) is 1.10. The maximum absolute atomic E-state index is 12.5. The minimum absolute atomic E-state index is 0.0134. The number of hydrogen-bond acceptors (Lipinski definition) is 3. The first-order valence-corrected chi connectivity index (χ1v) is 7.67. The van der Waals surface area contributed by atoms with Crippen LogP contribution in [0.25, 0.3) is 0 Å². The van der Waals surface area contributed by atoms with Crippen molar-refractivity contribution in [2.24, 2.45) is 5.92 Å². The Bertz CT molecular complexity index is 647. The molecule has 0 aromatic heterocycles. The van der Waals surface area contributed by atoms with E-state index in [1.807, 2.05) is 54.6 Å². The molecule has 2 aromatic carbocycles.